The first-order valence-electron chi connectivity index (χ1n) is 10.7. The molecular formula is C22H33N5O3. The minimum absolute atomic E-state index is 0.0494. The van der Waals surface area contributed by atoms with Gasteiger partial charge in [0.25, 0.3) is 0 Å². The molecule has 2 saturated heterocycles. The molecule has 0 bridgehead atoms. The average molecular weight is 416 g/mol. The molecular weight excluding hydrogens is 382 g/mol. The smallest absolute Gasteiger partial charge is 0.243 e. The van der Waals surface area contributed by atoms with Crippen LogP contribution in [0.15, 0.2) is 24.3 Å². The monoisotopic (exact) mass is 415 g/mol. The van der Waals surface area contributed by atoms with E-state index in [1.54, 1.807) is 4.90 Å². The highest BCUT2D eigenvalue weighted by Gasteiger charge is 2.35. The van der Waals surface area contributed by atoms with E-state index in [1.807, 2.05) is 24.3 Å². The molecule has 164 valence electrons. The van der Waals surface area contributed by atoms with Crippen LogP contribution in [0.1, 0.15) is 31.7 Å². The number of benzene rings is 1. The first-order chi connectivity index (χ1) is 14.3. The Morgan fingerprint density at radius 3 is 2.40 bits per heavy atom. The third-order valence-electron chi connectivity index (χ3n) is 5.85. The third-order valence-corrected chi connectivity index (χ3v) is 5.85. The Kier molecular flexibility index (Phi) is 7.44. The summed E-state index contributed by atoms with van der Waals surface area (Å²) < 4.78 is 0. The molecule has 0 saturated carbocycles. The molecule has 2 fully saturated rings. The molecule has 30 heavy (non-hydrogen) atoms. The maximum Gasteiger partial charge on any atom is 0.243 e. The van der Waals surface area contributed by atoms with Crippen molar-refractivity contribution in [1.82, 2.24) is 20.0 Å². The molecule has 2 aliphatic rings. The Hall–Kier alpha value is -2.45. The maximum atomic E-state index is 12.9. The lowest BCUT2D eigenvalue weighted by Crippen LogP contribution is -2.60. The minimum atomic E-state index is -0.770. The summed E-state index contributed by atoms with van der Waals surface area (Å²) in [5, 5.41) is 5.63. The van der Waals surface area contributed by atoms with Crippen molar-refractivity contribution in [3.63, 3.8) is 0 Å². The van der Waals surface area contributed by atoms with Gasteiger partial charge in [0.2, 0.25) is 17.7 Å². The predicted octanol–water partition coefficient (Wildman–Crippen LogP) is 0.713. The van der Waals surface area contributed by atoms with Crippen molar-refractivity contribution in [2.75, 3.05) is 58.2 Å². The Bertz CT molecular complexity index is 757. The number of hydrogen-bond acceptors (Lipinski definition) is 5. The summed E-state index contributed by atoms with van der Waals surface area (Å²) in [6.07, 6.45) is -0.0494. The highest BCUT2D eigenvalue weighted by atomic mass is 16.2. The van der Waals surface area contributed by atoms with Gasteiger partial charge in [-0.05, 0) is 30.7 Å². The van der Waals surface area contributed by atoms with Crippen molar-refractivity contribution in [3.05, 3.63) is 29.8 Å². The van der Waals surface area contributed by atoms with Crippen LogP contribution in [0.2, 0.25) is 0 Å². The molecule has 0 aliphatic carbocycles. The molecule has 3 amide bonds. The van der Waals surface area contributed by atoms with Gasteiger partial charge >= 0.3 is 0 Å². The zero-order valence-corrected chi connectivity index (χ0v) is 18.2. The van der Waals surface area contributed by atoms with E-state index in [4.69, 9.17) is 0 Å². The summed E-state index contributed by atoms with van der Waals surface area (Å²) in [5.41, 5.74) is 1.89. The number of amides is 3. The van der Waals surface area contributed by atoms with E-state index in [9.17, 15) is 14.4 Å². The lowest BCUT2D eigenvalue weighted by Gasteiger charge is -2.37. The number of anilines is 1. The summed E-state index contributed by atoms with van der Waals surface area (Å²) in [7, 11) is 2.07. The van der Waals surface area contributed by atoms with Gasteiger partial charge in [0, 0.05) is 45.0 Å². The second kappa shape index (κ2) is 10.0. The summed E-state index contributed by atoms with van der Waals surface area (Å²) >= 11 is 0. The number of hydrogen-bond donors (Lipinski definition) is 2. The first kappa shape index (κ1) is 22.2. The fourth-order valence-electron chi connectivity index (χ4n) is 3.84. The average Bonchev–Trinajstić information content (AvgIpc) is 2.71. The van der Waals surface area contributed by atoms with Crippen LogP contribution in [0.3, 0.4) is 0 Å². The molecule has 0 aromatic heterocycles. The second-order valence-electron chi connectivity index (χ2n) is 8.50. The van der Waals surface area contributed by atoms with Crippen molar-refractivity contribution < 1.29 is 14.4 Å². The Balaban J connectivity index is 1.59. The minimum Gasteiger partial charge on any atom is -0.353 e. The molecule has 1 atom stereocenters. The molecule has 2 heterocycles. The lowest BCUT2D eigenvalue weighted by atomic mass is 10.0. The fraction of sp³-hybridized carbons (Fsp3) is 0.591. The van der Waals surface area contributed by atoms with Gasteiger partial charge in [-0.3, -0.25) is 19.3 Å². The SMILES string of the molecule is CC(C)c1ccc(NC(=O)C[C@@H]2C(=O)NCCN2C(=O)CN2CCN(C)CC2)cc1. The van der Waals surface area contributed by atoms with Crippen LogP contribution in [0, 0.1) is 0 Å². The zero-order chi connectivity index (χ0) is 21.7. The maximum absolute atomic E-state index is 12.9. The molecule has 3 rings (SSSR count). The van der Waals surface area contributed by atoms with Gasteiger partial charge in [-0.1, -0.05) is 26.0 Å². The molecule has 2 aliphatic heterocycles. The van der Waals surface area contributed by atoms with Crippen LogP contribution < -0.4 is 10.6 Å². The van der Waals surface area contributed by atoms with Gasteiger partial charge in [-0.15, -0.1) is 0 Å². The van der Waals surface area contributed by atoms with Gasteiger partial charge in [-0.25, -0.2) is 0 Å². The summed E-state index contributed by atoms with van der Waals surface area (Å²) in [6, 6.07) is 6.93. The van der Waals surface area contributed by atoms with E-state index in [2.05, 4.69) is 41.3 Å². The van der Waals surface area contributed by atoms with Gasteiger partial charge in [0.1, 0.15) is 6.04 Å². The summed E-state index contributed by atoms with van der Waals surface area (Å²) in [6.45, 7) is 8.88. The molecule has 1 aromatic rings. The van der Waals surface area contributed by atoms with Gasteiger partial charge in [0.05, 0.1) is 13.0 Å². The van der Waals surface area contributed by atoms with Gasteiger partial charge < -0.3 is 20.4 Å². The second-order valence-corrected chi connectivity index (χ2v) is 8.50. The number of nitrogens with one attached hydrogen (secondary N) is 2. The molecule has 0 radical (unpaired) electrons. The molecule has 8 nitrogen and oxygen atoms in total. The van der Waals surface area contributed by atoms with Crippen LogP contribution in [0.25, 0.3) is 0 Å². The quantitative estimate of drug-likeness (QED) is 0.715. The molecule has 8 heteroatoms. The van der Waals surface area contributed by atoms with E-state index in [0.717, 1.165) is 26.2 Å². The van der Waals surface area contributed by atoms with Crippen LogP contribution in [-0.2, 0) is 14.4 Å². The number of likely N-dealkylation sites (N-methyl/N-ethyl adjacent to an activating group) is 1. The van der Waals surface area contributed by atoms with Crippen molar-refractivity contribution in [1.29, 1.82) is 0 Å². The summed E-state index contributed by atoms with van der Waals surface area (Å²) in [5.74, 6) is -0.209. The number of piperazine rings is 2. The van der Waals surface area contributed by atoms with Crippen LogP contribution in [0.4, 0.5) is 5.69 Å². The van der Waals surface area contributed by atoms with E-state index >= 15 is 0 Å². The standard InChI is InChI=1S/C22H33N5O3/c1-16(2)17-4-6-18(7-5-17)24-20(28)14-19-22(30)23-8-9-27(19)21(29)15-26-12-10-25(3)11-13-26/h4-7,16,19H,8-15H2,1-3H3,(H,23,30)(H,24,28)/t19-/m1/s1. The van der Waals surface area contributed by atoms with Crippen LogP contribution in [-0.4, -0.2) is 91.3 Å². The molecule has 1 aromatic carbocycles. The van der Waals surface area contributed by atoms with Crippen molar-refractivity contribution in [2.45, 2.75) is 32.2 Å². The number of carbonyl (C=O) groups excluding carboxylic acids is 3. The normalized spacial score (nSPS) is 20.9. The fourth-order valence-corrected chi connectivity index (χ4v) is 3.84. The van der Waals surface area contributed by atoms with Gasteiger partial charge in [0.15, 0.2) is 0 Å². The first-order valence-corrected chi connectivity index (χ1v) is 10.7. The van der Waals surface area contributed by atoms with Gasteiger partial charge in [-0.2, -0.15) is 0 Å². The Labute approximate surface area is 178 Å². The van der Waals surface area contributed by atoms with Crippen LogP contribution in [0.5, 0.6) is 0 Å². The van der Waals surface area contributed by atoms with E-state index in [-0.39, 0.29) is 30.7 Å². The number of nitrogens with zero attached hydrogens (tertiary/aromatic N) is 3. The topological polar surface area (TPSA) is 85.0 Å². The Morgan fingerprint density at radius 1 is 1.10 bits per heavy atom. The van der Waals surface area contributed by atoms with Crippen molar-refractivity contribution >= 4 is 23.4 Å². The highest BCUT2D eigenvalue weighted by molar-refractivity contribution is 5.97. The lowest BCUT2D eigenvalue weighted by molar-refractivity contribution is -0.145. The van der Waals surface area contributed by atoms with E-state index < -0.39 is 6.04 Å². The zero-order valence-electron chi connectivity index (χ0n) is 18.2. The van der Waals surface area contributed by atoms with E-state index in [1.165, 1.54) is 5.56 Å². The highest BCUT2D eigenvalue weighted by Crippen LogP contribution is 2.18. The molecule has 0 unspecified atom stereocenters. The largest absolute Gasteiger partial charge is 0.353 e. The van der Waals surface area contributed by atoms with E-state index in [0.29, 0.717) is 24.7 Å². The van der Waals surface area contributed by atoms with Crippen molar-refractivity contribution in [2.24, 2.45) is 0 Å². The molecule has 2 N–H and O–H groups in total. The number of rotatable bonds is 6. The summed E-state index contributed by atoms with van der Waals surface area (Å²) in [4.78, 5) is 43.9. The van der Waals surface area contributed by atoms with Crippen LogP contribution >= 0.6 is 0 Å². The molecule has 0 spiro atoms. The van der Waals surface area contributed by atoms with Crippen molar-refractivity contribution in [3.8, 4) is 0 Å². The number of carbonyl (C=O) groups is 3. The Morgan fingerprint density at radius 2 is 1.77 bits per heavy atom. The third kappa shape index (κ3) is 5.79. The predicted molar refractivity (Wildman–Crippen MR) is 116 cm³/mol.